The van der Waals surface area contributed by atoms with E-state index in [9.17, 15) is 9.59 Å². The average molecular weight is 405 g/mol. The van der Waals surface area contributed by atoms with Crippen LogP contribution in [0.4, 0.5) is 0 Å². The number of hydrogen-bond acceptors (Lipinski definition) is 5. The number of aliphatic carboxylic acids is 1. The van der Waals surface area contributed by atoms with Gasteiger partial charge in [-0.2, -0.15) is 4.98 Å². The minimum absolute atomic E-state index is 0.0206. The van der Waals surface area contributed by atoms with Crippen molar-refractivity contribution in [2.75, 3.05) is 6.26 Å². The average Bonchev–Trinajstić information content (AvgIpc) is 3.16. The molecular formula is C20H28N4O3S. The second-order valence-electron chi connectivity index (χ2n) is 8.51. The number of aromatic nitrogens is 4. The smallest absolute Gasteiger partial charge is 0.350 e. The van der Waals surface area contributed by atoms with Gasteiger partial charge in [0, 0.05) is 18.4 Å². The van der Waals surface area contributed by atoms with Gasteiger partial charge in [0.1, 0.15) is 16.4 Å². The molecule has 2 bridgehead atoms. The Bertz CT molecular complexity index is 940. The highest BCUT2D eigenvalue weighted by atomic mass is 32.2. The maximum atomic E-state index is 12.5. The van der Waals surface area contributed by atoms with Crippen molar-refractivity contribution in [3.63, 3.8) is 0 Å². The number of aromatic amines is 1. The van der Waals surface area contributed by atoms with Gasteiger partial charge < -0.3 is 10.1 Å². The van der Waals surface area contributed by atoms with E-state index in [0.717, 1.165) is 68.4 Å². The monoisotopic (exact) mass is 404 g/mol. The van der Waals surface area contributed by atoms with Crippen molar-refractivity contribution in [1.29, 1.82) is 0 Å². The van der Waals surface area contributed by atoms with Gasteiger partial charge in [0.2, 0.25) is 0 Å². The van der Waals surface area contributed by atoms with Crippen LogP contribution >= 0.6 is 11.8 Å². The van der Waals surface area contributed by atoms with E-state index in [1.807, 2.05) is 13.2 Å². The first-order valence-corrected chi connectivity index (χ1v) is 11.4. The maximum Gasteiger partial charge on any atom is 0.350 e. The lowest BCUT2D eigenvalue weighted by Crippen LogP contribution is -2.44. The normalized spacial score (nSPS) is 26.8. The van der Waals surface area contributed by atoms with Crippen LogP contribution in [0.15, 0.2) is 9.82 Å². The lowest BCUT2D eigenvalue weighted by Gasteiger charge is -2.52. The molecule has 5 rings (SSSR count). The van der Waals surface area contributed by atoms with E-state index < -0.39 is 5.97 Å². The number of thioether (sulfide) groups is 1. The fourth-order valence-corrected chi connectivity index (χ4v) is 5.71. The van der Waals surface area contributed by atoms with Gasteiger partial charge in [-0.05, 0) is 63.0 Å². The predicted molar refractivity (Wildman–Crippen MR) is 109 cm³/mol. The second-order valence-corrected chi connectivity index (χ2v) is 9.31. The number of carbonyl (C=O) groups is 1. The minimum Gasteiger partial charge on any atom is -0.481 e. The number of imidazole rings is 1. The molecule has 28 heavy (non-hydrogen) atoms. The van der Waals surface area contributed by atoms with Crippen LogP contribution in [-0.2, 0) is 16.8 Å². The largest absolute Gasteiger partial charge is 0.481 e. The number of hydrogen-bond donors (Lipinski definition) is 2. The number of rotatable bonds is 7. The van der Waals surface area contributed by atoms with Crippen LogP contribution in [0.1, 0.15) is 70.5 Å². The summed E-state index contributed by atoms with van der Waals surface area (Å²) in [6.07, 6.45) is 10.1. The molecule has 3 fully saturated rings. The molecule has 0 amide bonds. The van der Waals surface area contributed by atoms with Crippen molar-refractivity contribution in [3.8, 4) is 0 Å². The van der Waals surface area contributed by atoms with E-state index >= 15 is 0 Å². The zero-order valence-electron chi connectivity index (χ0n) is 16.6. The zero-order chi connectivity index (χ0) is 19.9. The highest BCUT2D eigenvalue weighted by Crippen LogP contribution is 2.59. The summed E-state index contributed by atoms with van der Waals surface area (Å²) in [5.41, 5.74) is 1.59. The predicted octanol–water partition coefficient (Wildman–Crippen LogP) is 3.71. The molecule has 0 spiro atoms. The standard InChI is InChI=1S/C20H28N4O3S/c1-3-12-24-15-14(16(28-2)23-18(24)27)21-17(22-15)20-9-6-19(7-10-20,8-11-20)5-4-13(25)26/h3-12H2,1-2H3,(H,21,22)(H,25,26). The molecule has 0 aliphatic heterocycles. The van der Waals surface area contributed by atoms with Crippen LogP contribution in [0.2, 0.25) is 0 Å². The minimum atomic E-state index is -0.694. The molecule has 0 unspecified atom stereocenters. The van der Waals surface area contributed by atoms with Crippen LogP contribution in [0.5, 0.6) is 0 Å². The van der Waals surface area contributed by atoms with Crippen molar-refractivity contribution in [2.45, 2.75) is 81.7 Å². The van der Waals surface area contributed by atoms with Gasteiger partial charge in [0.15, 0.2) is 5.65 Å². The quantitative estimate of drug-likeness (QED) is 0.539. The summed E-state index contributed by atoms with van der Waals surface area (Å²) in [6.45, 7) is 2.67. The van der Waals surface area contributed by atoms with Gasteiger partial charge in [-0.3, -0.25) is 9.36 Å². The Morgan fingerprint density at radius 1 is 1.21 bits per heavy atom. The van der Waals surface area contributed by atoms with Gasteiger partial charge in [-0.25, -0.2) is 9.78 Å². The number of fused-ring (bicyclic) bond motifs is 4. The van der Waals surface area contributed by atoms with E-state index in [1.165, 1.54) is 11.8 Å². The van der Waals surface area contributed by atoms with Crippen LogP contribution in [0, 0.1) is 5.41 Å². The van der Waals surface area contributed by atoms with Crippen molar-refractivity contribution in [1.82, 2.24) is 19.5 Å². The van der Waals surface area contributed by atoms with E-state index in [1.54, 1.807) is 4.57 Å². The molecule has 0 atom stereocenters. The summed E-state index contributed by atoms with van der Waals surface area (Å²) in [5, 5.41) is 9.78. The summed E-state index contributed by atoms with van der Waals surface area (Å²) in [5.74, 6) is 0.293. The summed E-state index contributed by atoms with van der Waals surface area (Å²) in [7, 11) is 0. The fraction of sp³-hybridized carbons (Fsp3) is 0.700. The first-order chi connectivity index (χ1) is 13.4. The molecule has 0 saturated heterocycles. The Labute approximate surface area is 168 Å². The Morgan fingerprint density at radius 2 is 1.89 bits per heavy atom. The number of aryl methyl sites for hydroxylation is 1. The molecular weight excluding hydrogens is 376 g/mol. The molecule has 3 aliphatic carbocycles. The number of carboxylic acids is 1. The zero-order valence-corrected chi connectivity index (χ0v) is 17.4. The lowest BCUT2D eigenvalue weighted by atomic mass is 9.52. The highest BCUT2D eigenvalue weighted by Gasteiger charge is 2.50. The number of H-pyrrole nitrogens is 1. The van der Waals surface area contributed by atoms with Gasteiger partial charge in [-0.15, -0.1) is 11.8 Å². The second kappa shape index (κ2) is 7.21. The Morgan fingerprint density at radius 3 is 2.46 bits per heavy atom. The molecule has 3 aliphatic rings. The SMILES string of the molecule is CCCn1c(=O)nc(SC)c2[nH]c(C34CCC(CCC(=O)O)(CC3)CC4)nc21. The van der Waals surface area contributed by atoms with E-state index in [2.05, 4.69) is 9.97 Å². The molecule has 0 radical (unpaired) electrons. The molecule has 2 heterocycles. The summed E-state index contributed by atoms with van der Waals surface area (Å²) in [6, 6.07) is 0. The molecule has 3 saturated carbocycles. The molecule has 2 N–H and O–H groups in total. The number of nitrogens with zero attached hydrogens (tertiary/aromatic N) is 3. The van der Waals surface area contributed by atoms with Gasteiger partial charge in [0.25, 0.3) is 0 Å². The molecule has 7 nitrogen and oxygen atoms in total. The molecule has 8 heteroatoms. The molecule has 0 aromatic carbocycles. The van der Waals surface area contributed by atoms with E-state index in [0.29, 0.717) is 11.6 Å². The molecule has 152 valence electrons. The lowest BCUT2D eigenvalue weighted by molar-refractivity contribution is -0.138. The van der Waals surface area contributed by atoms with Crippen molar-refractivity contribution in [3.05, 3.63) is 16.3 Å². The molecule has 2 aromatic heterocycles. The Balaban J connectivity index is 1.68. The highest BCUT2D eigenvalue weighted by molar-refractivity contribution is 7.98. The summed E-state index contributed by atoms with van der Waals surface area (Å²) in [4.78, 5) is 36.2. The third kappa shape index (κ3) is 3.15. The third-order valence-electron chi connectivity index (χ3n) is 7.00. The van der Waals surface area contributed by atoms with Crippen molar-refractivity contribution in [2.24, 2.45) is 5.41 Å². The van der Waals surface area contributed by atoms with Gasteiger partial charge >= 0.3 is 11.7 Å². The van der Waals surface area contributed by atoms with Crippen LogP contribution in [0.3, 0.4) is 0 Å². The fourth-order valence-electron chi connectivity index (χ4n) is 5.19. The Hall–Kier alpha value is -1.83. The first-order valence-electron chi connectivity index (χ1n) is 10.2. The maximum absolute atomic E-state index is 12.5. The van der Waals surface area contributed by atoms with Crippen molar-refractivity contribution >= 4 is 28.9 Å². The van der Waals surface area contributed by atoms with Crippen LogP contribution < -0.4 is 5.69 Å². The summed E-state index contributed by atoms with van der Waals surface area (Å²) < 4.78 is 1.69. The van der Waals surface area contributed by atoms with Gasteiger partial charge in [-0.1, -0.05) is 6.92 Å². The van der Waals surface area contributed by atoms with E-state index in [4.69, 9.17) is 10.1 Å². The Kier molecular flexibility index (Phi) is 5.02. The van der Waals surface area contributed by atoms with Crippen LogP contribution in [0.25, 0.3) is 11.2 Å². The third-order valence-corrected chi connectivity index (χ3v) is 7.68. The van der Waals surface area contributed by atoms with Crippen LogP contribution in [-0.4, -0.2) is 36.9 Å². The number of carboxylic acid groups (broad SMARTS) is 1. The summed E-state index contributed by atoms with van der Waals surface area (Å²) >= 11 is 1.47. The first kappa shape index (κ1) is 19.5. The van der Waals surface area contributed by atoms with Crippen molar-refractivity contribution < 1.29 is 9.90 Å². The van der Waals surface area contributed by atoms with Gasteiger partial charge in [0.05, 0.1) is 0 Å². The molecule has 2 aromatic rings. The van der Waals surface area contributed by atoms with E-state index in [-0.39, 0.29) is 22.9 Å². The number of nitrogens with one attached hydrogen (secondary N) is 1. The topological polar surface area (TPSA) is 101 Å².